The monoisotopic (exact) mass is 390 g/mol. The van der Waals surface area contributed by atoms with E-state index < -0.39 is 0 Å². The van der Waals surface area contributed by atoms with Crippen LogP contribution in [-0.2, 0) is 6.54 Å². The van der Waals surface area contributed by atoms with E-state index in [9.17, 15) is 4.79 Å². The number of carbonyl (C=O) groups excluding carboxylic acids is 1. The summed E-state index contributed by atoms with van der Waals surface area (Å²) in [5.41, 5.74) is 2.16. The Morgan fingerprint density at radius 3 is 2.52 bits per heavy atom. The van der Waals surface area contributed by atoms with E-state index in [1.165, 1.54) is 6.42 Å². The van der Waals surface area contributed by atoms with Crippen molar-refractivity contribution in [1.82, 2.24) is 14.8 Å². The van der Waals surface area contributed by atoms with Crippen LogP contribution in [0.4, 0.5) is 0 Å². The maximum absolute atomic E-state index is 13.3. The van der Waals surface area contributed by atoms with E-state index in [1.54, 1.807) is 12.3 Å². The number of benzene rings is 1. The Morgan fingerprint density at radius 2 is 1.93 bits per heavy atom. The summed E-state index contributed by atoms with van der Waals surface area (Å²) in [4.78, 5) is 22.0. The summed E-state index contributed by atoms with van der Waals surface area (Å²) < 4.78 is 0. The molecule has 1 fully saturated rings. The Morgan fingerprint density at radius 1 is 1.21 bits per heavy atom. The molecule has 2 heterocycles. The molecule has 0 radical (unpaired) electrons. The molecule has 0 saturated carbocycles. The van der Waals surface area contributed by atoms with Gasteiger partial charge >= 0.3 is 0 Å². The largest absolute Gasteiger partial charge is 0.330 e. The Kier molecular flexibility index (Phi) is 7.37. The minimum atomic E-state index is -0.0180. The van der Waals surface area contributed by atoms with Crippen LogP contribution in [0.5, 0.6) is 0 Å². The number of aromatic nitrogens is 1. The first-order chi connectivity index (χ1) is 14.1. The molecule has 29 heavy (non-hydrogen) atoms. The molecule has 0 bridgehead atoms. The van der Waals surface area contributed by atoms with Crippen molar-refractivity contribution in [2.75, 3.05) is 19.6 Å². The lowest BCUT2D eigenvalue weighted by molar-refractivity contribution is 0.0540. The lowest BCUT2D eigenvalue weighted by Gasteiger charge is -2.38. The van der Waals surface area contributed by atoms with Crippen molar-refractivity contribution >= 4 is 5.91 Å². The third-order valence-electron chi connectivity index (χ3n) is 5.60. The second kappa shape index (κ2) is 10.2. The van der Waals surface area contributed by atoms with Crippen LogP contribution in [0.15, 0.2) is 48.7 Å². The van der Waals surface area contributed by atoms with E-state index in [2.05, 4.69) is 29.8 Å². The number of nitriles is 1. The van der Waals surface area contributed by atoms with Crippen molar-refractivity contribution < 1.29 is 4.79 Å². The third kappa shape index (κ3) is 5.88. The van der Waals surface area contributed by atoms with Gasteiger partial charge in [0, 0.05) is 31.9 Å². The molecule has 1 aliphatic heterocycles. The molecule has 1 aliphatic rings. The van der Waals surface area contributed by atoms with Gasteiger partial charge in [-0.05, 0) is 61.6 Å². The predicted molar refractivity (Wildman–Crippen MR) is 114 cm³/mol. The zero-order chi connectivity index (χ0) is 20.6. The molecule has 0 unspecified atom stereocenters. The number of amides is 1. The van der Waals surface area contributed by atoms with Gasteiger partial charge in [-0.15, -0.1) is 0 Å². The maximum Gasteiger partial charge on any atom is 0.272 e. The molecule has 1 aromatic heterocycles. The van der Waals surface area contributed by atoms with Crippen molar-refractivity contribution in [3.63, 3.8) is 0 Å². The molecule has 1 saturated heterocycles. The van der Waals surface area contributed by atoms with Gasteiger partial charge in [-0.1, -0.05) is 32.0 Å². The van der Waals surface area contributed by atoms with Gasteiger partial charge in [0.15, 0.2) is 0 Å². The van der Waals surface area contributed by atoms with Crippen LogP contribution in [0.25, 0.3) is 0 Å². The fourth-order valence-corrected chi connectivity index (χ4v) is 3.78. The maximum atomic E-state index is 13.3. The van der Waals surface area contributed by atoms with Crippen LogP contribution in [0.1, 0.15) is 54.7 Å². The summed E-state index contributed by atoms with van der Waals surface area (Å²) in [5.74, 6) is 0.696. The van der Waals surface area contributed by atoms with E-state index in [1.807, 2.05) is 41.3 Å². The SMILES string of the molecule is CC(C)CCN1CCC(N(Cc2ccc(C#N)cc2)C(=O)c2ccccn2)CC1. The standard InChI is InChI=1S/C24H30N4O/c1-19(2)10-14-27-15-11-22(12-16-27)28(24(29)23-5-3-4-13-26-23)18-21-8-6-20(17-25)7-9-21/h3-9,13,19,22H,10-12,14-16,18H2,1-2H3. The smallest absolute Gasteiger partial charge is 0.272 e. The third-order valence-corrected chi connectivity index (χ3v) is 5.60. The Bertz CT molecular complexity index is 818. The summed E-state index contributed by atoms with van der Waals surface area (Å²) in [7, 11) is 0. The molecule has 2 aromatic rings. The number of nitrogens with zero attached hydrogens (tertiary/aromatic N) is 4. The summed E-state index contributed by atoms with van der Waals surface area (Å²) in [6.07, 6.45) is 4.84. The lowest BCUT2D eigenvalue weighted by Crippen LogP contribution is -2.47. The van der Waals surface area contributed by atoms with Crippen molar-refractivity contribution in [2.24, 2.45) is 5.92 Å². The number of rotatable bonds is 7. The minimum Gasteiger partial charge on any atom is -0.330 e. The van der Waals surface area contributed by atoms with Crippen LogP contribution in [0, 0.1) is 17.2 Å². The van der Waals surface area contributed by atoms with Gasteiger partial charge in [0.25, 0.3) is 5.91 Å². The van der Waals surface area contributed by atoms with Gasteiger partial charge < -0.3 is 9.80 Å². The zero-order valence-corrected chi connectivity index (χ0v) is 17.4. The van der Waals surface area contributed by atoms with Gasteiger partial charge in [-0.3, -0.25) is 9.78 Å². The molecule has 1 amide bonds. The fraction of sp³-hybridized carbons (Fsp3) is 0.458. The average Bonchev–Trinajstić information content (AvgIpc) is 2.77. The van der Waals surface area contributed by atoms with Crippen molar-refractivity contribution in [3.05, 3.63) is 65.5 Å². The summed E-state index contributed by atoms with van der Waals surface area (Å²) in [6.45, 7) is 8.24. The highest BCUT2D eigenvalue weighted by Crippen LogP contribution is 2.22. The van der Waals surface area contributed by atoms with Crippen molar-refractivity contribution in [3.8, 4) is 6.07 Å². The van der Waals surface area contributed by atoms with Crippen molar-refractivity contribution in [1.29, 1.82) is 5.26 Å². The zero-order valence-electron chi connectivity index (χ0n) is 17.4. The van der Waals surface area contributed by atoms with Crippen LogP contribution in [-0.4, -0.2) is 46.4 Å². The number of carbonyl (C=O) groups is 1. The molecule has 5 heteroatoms. The Labute approximate surface area is 174 Å². The van der Waals surface area contributed by atoms with Crippen LogP contribution in [0.2, 0.25) is 0 Å². The van der Waals surface area contributed by atoms with Crippen LogP contribution in [0.3, 0.4) is 0 Å². The van der Waals surface area contributed by atoms with Crippen molar-refractivity contribution in [2.45, 2.75) is 45.7 Å². The highest BCUT2D eigenvalue weighted by Gasteiger charge is 2.29. The Hall–Kier alpha value is -2.71. The second-order valence-electron chi connectivity index (χ2n) is 8.21. The number of hydrogen-bond donors (Lipinski definition) is 0. The quantitative estimate of drug-likeness (QED) is 0.714. The normalized spacial score (nSPS) is 15.2. The molecular weight excluding hydrogens is 360 g/mol. The molecule has 3 rings (SSSR count). The molecule has 0 aliphatic carbocycles. The Balaban J connectivity index is 1.72. The van der Waals surface area contributed by atoms with Gasteiger partial charge in [0.05, 0.1) is 11.6 Å². The molecular formula is C24H30N4O. The van der Waals surface area contributed by atoms with Gasteiger partial charge in [-0.25, -0.2) is 0 Å². The van der Waals surface area contributed by atoms with Gasteiger partial charge in [-0.2, -0.15) is 5.26 Å². The molecule has 0 atom stereocenters. The number of hydrogen-bond acceptors (Lipinski definition) is 4. The average molecular weight is 391 g/mol. The van der Waals surface area contributed by atoms with E-state index in [4.69, 9.17) is 5.26 Å². The van der Waals surface area contributed by atoms with E-state index >= 15 is 0 Å². The van der Waals surface area contributed by atoms with E-state index in [-0.39, 0.29) is 11.9 Å². The summed E-state index contributed by atoms with van der Waals surface area (Å²) in [5, 5.41) is 9.03. The summed E-state index contributed by atoms with van der Waals surface area (Å²) in [6, 6.07) is 15.3. The topological polar surface area (TPSA) is 60.2 Å². The molecule has 0 N–H and O–H groups in total. The van der Waals surface area contributed by atoms with Crippen LogP contribution >= 0.6 is 0 Å². The number of pyridine rings is 1. The fourth-order valence-electron chi connectivity index (χ4n) is 3.78. The highest BCUT2D eigenvalue weighted by atomic mass is 16.2. The predicted octanol–water partition coefficient (Wildman–Crippen LogP) is 4.11. The lowest BCUT2D eigenvalue weighted by atomic mass is 10.00. The molecule has 0 spiro atoms. The molecule has 152 valence electrons. The second-order valence-corrected chi connectivity index (χ2v) is 8.21. The first-order valence-electron chi connectivity index (χ1n) is 10.5. The first kappa shape index (κ1) is 21.0. The molecule has 5 nitrogen and oxygen atoms in total. The molecule has 1 aromatic carbocycles. The highest BCUT2D eigenvalue weighted by molar-refractivity contribution is 5.92. The number of likely N-dealkylation sites (tertiary alicyclic amines) is 1. The minimum absolute atomic E-state index is 0.0180. The van der Waals surface area contributed by atoms with Crippen LogP contribution < -0.4 is 0 Å². The van der Waals surface area contributed by atoms with E-state index in [0.29, 0.717) is 23.7 Å². The first-order valence-corrected chi connectivity index (χ1v) is 10.5. The van der Waals surface area contributed by atoms with Gasteiger partial charge in [0.1, 0.15) is 5.69 Å². The van der Waals surface area contributed by atoms with E-state index in [0.717, 1.165) is 38.0 Å². The summed E-state index contributed by atoms with van der Waals surface area (Å²) >= 11 is 0. The van der Waals surface area contributed by atoms with Gasteiger partial charge in [0.2, 0.25) is 0 Å². The number of piperidine rings is 1.